The van der Waals surface area contributed by atoms with Crippen molar-refractivity contribution in [2.75, 3.05) is 0 Å². The molecule has 0 fully saturated rings. The minimum atomic E-state index is -0.132. The summed E-state index contributed by atoms with van der Waals surface area (Å²) in [5, 5.41) is 6.08. The van der Waals surface area contributed by atoms with Crippen molar-refractivity contribution < 1.29 is 4.42 Å². The fourth-order valence-electron chi connectivity index (χ4n) is 3.60. The summed E-state index contributed by atoms with van der Waals surface area (Å²) < 4.78 is 5.46. The number of benzene rings is 1. The molecule has 2 N–H and O–H groups in total. The monoisotopic (exact) mass is 407 g/mol. The normalized spacial score (nSPS) is 12.7. The lowest BCUT2D eigenvalue weighted by molar-refractivity contribution is 0.406. The van der Waals surface area contributed by atoms with Crippen molar-refractivity contribution in [2.45, 2.75) is 39.8 Å². The maximum Gasteiger partial charge on any atom is 0.260 e. The van der Waals surface area contributed by atoms with E-state index >= 15 is 0 Å². The average molecular weight is 408 g/mol. The average Bonchev–Trinajstić information content (AvgIpc) is 3.38. The Kier molecular flexibility index (Phi) is 5.65. The highest BCUT2D eigenvalue weighted by molar-refractivity contribution is 7.17. The number of fused-ring (bicyclic) bond motifs is 1. The molecule has 0 saturated carbocycles. The van der Waals surface area contributed by atoms with Crippen LogP contribution in [0.25, 0.3) is 21.5 Å². The van der Waals surface area contributed by atoms with Crippen molar-refractivity contribution >= 4 is 21.6 Å². The molecule has 0 amide bonds. The van der Waals surface area contributed by atoms with Gasteiger partial charge in [0.1, 0.15) is 16.4 Å². The Morgan fingerprint density at radius 1 is 1.21 bits per heavy atom. The first-order valence-electron chi connectivity index (χ1n) is 9.93. The summed E-state index contributed by atoms with van der Waals surface area (Å²) in [4.78, 5) is 21.1. The van der Waals surface area contributed by atoms with E-state index in [0.717, 1.165) is 16.8 Å². The van der Waals surface area contributed by atoms with Crippen LogP contribution in [0, 0.1) is 5.92 Å². The fraction of sp³-hybridized carbons (Fsp3) is 0.304. The van der Waals surface area contributed by atoms with E-state index in [-0.39, 0.29) is 11.6 Å². The van der Waals surface area contributed by atoms with Crippen molar-refractivity contribution in [1.29, 1.82) is 0 Å². The van der Waals surface area contributed by atoms with E-state index in [9.17, 15) is 4.79 Å². The van der Waals surface area contributed by atoms with Crippen LogP contribution in [0.3, 0.4) is 0 Å². The van der Waals surface area contributed by atoms with E-state index in [2.05, 4.69) is 60.3 Å². The molecule has 6 heteroatoms. The van der Waals surface area contributed by atoms with Gasteiger partial charge in [-0.3, -0.25) is 4.79 Å². The Balaban J connectivity index is 1.57. The van der Waals surface area contributed by atoms with Gasteiger partial charge in [0, 0.05) is 17.0 Å². The molecule has 4 aromatic rings. The SMILES string of the molecule is CCc1ccc([C@@H](NCc2nc3scc(-c4ccco4)c3c(=O)[nH]2)C(C)C)cc1. The molecule has 3 heterocycles. The summed E-state index contributed by atoms with van der Waals surface area (Å²) in [6, 6.07) is 12.6. The van der Waals surface area contributed by atoms with Crippen molar-refractivity contribution in [2.24, 2.45) is 5.92 Å². The van der Waals surface area contributed by atoms with Crippen LogP contribution in [0.5, 0.6) is 0 Å². The number of thiophene rings is 1. The van der Waals surface area contributed by atoms with Gasteiger partial charge < -0.3 is 14.7 Å². The number of nitrogens with zero attached hydrogens (tertiary/aromatic N) is 1. The molecule has 0 bridgehead atoms. The van der Waals surface area contributed by atoms with Crippen LogP contribution in [-0.4, -0.2) is 9.97 Å². The lowest BCUT2D eigenvalue weighted by Gasteiger charge is -2.23. The number of nitrogens with one attached hydrogen (secondary N) is 2. The van der Waals surface area contributed by atoms with Gasteiger partial charge in [0.15, 0.2) is 0 Å². The van der Waals surface area contributed by atoms with Crippen LogP contribution in [0.4, 0.5) is 0 Å². The summed E-state index contributed by atoms with van der Waals surface area (Å²) in [5.74, 6) is 1.74. The zero-order chi connectivity index (χ0) is 20.4. The molecule has 3 aromatic heterocycles. The van der Waals surface area contributed by atoms with Gasteiger partial charge in [-0.1, -0.05) is 45.0 Å². The Morgan fingerprint density at radius 2 is 2.00 bits per heavy atom. The molecule has 0 radical (unpaired) electrons. The van der Waals surface area contributed by atoms with Gasteiger partial charge in [0.25, 0.3) is 5.56 Å². The van der Waals surface area contributed by atoms with Crippen LogP contribution < -0.4 is 10.9 Å². The maximum atomic E-state index is 12.7. The van der Waals surface area contributed by atoms with E-state index in [4.69, 9.17) is 4.42 Å². The molecule has 150 valence electrons. The zero-order valence-electron chi connectivity index (χ0n) is 16.9. The highest BCUT2D eigenvalue weighted by Crippen LogP contribution is 2.31. The van der Waals surface area contributed by atoms with Gasteiger partial charge in [-0.15, -0.1) is 11.3 Å². The number of hydrogen-bond donors (Lipinski definition) is 2. The molecule has 0 spiro atoms. The lowest BCUT2D eigenvalue weighted by Crippen LogP contribution is -2.27. The Morgan fingerprint density at radius 3 is 2.66 bits per heavy atom. The van der Waals surface area contributed by atoms with Gasteiger partial charge in [-0.2, -0.15) is 0 Å². The zero-order valence-corrected chi connectivity index (χ0v) is 17.7. The summed E-state index contributed by atoms with van der Waals surface area (Å²) in [7, 11) is 0. The number of hydrogen-bond acceptors (Lipinski definition) is 5. The van der Waals surface area contributed by atoms with E-state index in [1.165, 1.54) is 22.5 Å². The number of H-pyrrole nitrogens is 1. The van der Waals surface area contributed by atoms with E-state index in [0.29, 0.717) is 29.4 Å². The topological polar surface area (TPSA) is 70.9 Å². The summed E-state index contributed by atoms with van der Waals surface area (Å²) in [6.07, 6.45) is 2.64. The minimum Gasteiger partial charge on any atom is -0.464 e. The molecule has 0 unspecified atom stereocenters. The smallest absolute Gasteiger partial charge is 0.260 e. The highest BCUT2D eigenvalue weighted by atomic mass is 32.1. The van der Waals surface area contributed by atoms with Gasteiger partial charge in [0.05, 0.1) is 18.2 Å². The number of rotatable bonds is 7. The molecule has 4 rings (SSSR count). The molecule has 0 aliphatic carbocycles. The Bertz CT molecular complexity index is 1140. The highest BCUT2D eigenvalue weighted by Gasteiger charge is 2.18. The third-order valence-corrected chi connectivity index (χ3v) is 6.06. The minimum absolute atomic E-state index is 0.132. The molecular weight excluding hydrogens is 382 g/mol. The number of furan rings is 1. The number of aromatic nitrogens is 2. The molecule has 0 aliphatic heterocycles. The van der Waals surface area contributed by atoms with E-state index in [1.807, 2.05) is 17.5 Å². The summed E-state index contributed by atoms with van der Waals surface area (Å²) in [6.45, 7) is 7.05. The quantitative estimate of drug-likeness (QED) is 0.436. The van der Waals surface area contributed by atoms with E-state index in [1.54, 1.807) is 6.26 Å². The van der Waals surface area contributed by atoms with Crippen LogP contribution in [-0.2, 0) is 13.0 Å². The second kappa shape index (κ2) is 8.35. The van der Waals surface area contributed by atoms with Crippen LogP contribution >= 0.6 is 11.3 Å². The molecule has 1 aromatic carbocycles. The lowest BCUT2D eigenvalue weighted by atomic mass is 9.95. The predicted octanol–water partition coefficient (Wildman–Crippen LogP) is 5.29. The third-order valence-electron chi connectivity index (χ3n) is 5.18. The molecule has 0 saturated heterocycles. The van der Waals surface area contributed by atoms with Crippen LogP contribution in [0.15, 0.2) is 57.3 Å². The predicted molar refractivity (Wildman–Crippen MR) is 118 cm³/mol. The fourth-order valence-corrected chi connectivity index (χ4v) is 4.54. The van der Waals surface area contributed by atoms with Crippen LogP contribution in [0.2, 0.25) is 0 Å². The molecule has 0 aliphatic rings. The van der Waals surface area contributed by atoms with Crippen molar-refractivity contribution in [3.63, 3.8) is 0 Å². The maximum absolute atomic E-state index is 12.7. The standard InChI is InChI=1S/C23H25N3O2S/c1-4-15-7-9-16(10-8-15)21(14(2)3)24-12-19-25-22(27)20-17(13-29-23(20)26-19)18-6-5-11-28-18/h5-11,13-14,21,24H,4,12H2,1-3H3,(H,25,26,27)/t21-/m0/s1. The molecular formula is C23H25N3O2S. The second-order valence-electron chi connectivity index (χ2n) is 7.52. The van der Waals surface area contributed by atoms with Gasteiger partial charge in [0.2, 0.25) is 0 Å². The van der Waals surface area contributed by atoms with E-state index < -0.39 is 0 Å². The van der Waals surface area contributed by atoms with Crippen molar-refractivity contribution in [3.8, 4) is 11.3 Å². The number of aromatic amines is 1. The first-order chi connectivity index (χ1) is 14.1. The third kappa shape index (κ3) is 4.04. The molecule has 29 heavy (non-hydrogen) atoms. The largest absolute Gasteiger partial charge is 0.464 e. The van der Waals surface area contributed by atoms with Gasteiger partial charge in [-0.25, -0.2) is 4.98 Å². The van der Waals surface area contributed by atoms with Crippen molar-refractivity contribution in [3.05, 3.63) is 75.3 Å². The molecule has 5 nitrogen and oxygen atoms in total. The first-order valence-corrected chi connectivity index (χ1v) is 10.8. The van der Waals surface area contributed by atoms with Gasteiger partial charge >= 0.3 is 0 Å². The Hall–Kier alpha value is -2.70. The van der Waals surface area contributed by atoms with Crippen molar-refractivity contribution in [1.82, 2.24) is 15.3 Å². The Labute approximate surface area is 173 Å². The second-order valence-corrected chi connectivity index (χ2v) is 8.38. The van der Waals surface area contributed by atoms with Crippen LogP contribution in [0.1, 0.15) is 43.8 Å². The van der Waals surface area contributed by atoms with Gasteiger partial charge in [-0.05, 0) is 35.6 Å². The summed E-state index contributed by atoms with van der Waals surface area (Å²) >= 11 is 1.46. The summed E-state index contributed by atoms with van der Waals surface area (Å²) in [5.41, 5.74) is 3.24. The molecule has 1 atom stereocenters. The first kappa shape index (κ1) is 19.6. The number of aryl methyl sites for hydroxylation is 1.